The standard InChI is InChI=1S/C14H11BF3O/c16-15(17,18)13-7-3-11(4-8-13)1-2-12-5-9-14(19)10-6-12/h1-10,19H/q-1. The molecule has 1 N–H and O–H groups in total. The highest BCUT2D eigenvalue weighted by molar-refractivity contribution is 6.73. The number of phenols is 1. The monoisotopic (exact) mass is 263 g/mol. The van der Waals surface area contributed by atoms with Crippen molar-refractivity contribution in [3.05, 3.63) is 59.7 Å². The SMILES string of the molecule is Oc1ccc(C=Cc2ccc([B-](F)(F)F)cc2)cc1. The molecule has 0 saturated heterocycles. The van der Waals surface area contributed by atoms with Gasteiger partial charge in [-0.3, -0.25) is 0 Å². The van der Waals surface area contributed by atoms with Crippen LogP contribution in [-0.4, -0.2) is 12.1 Å². The van der Waals surface area contributed by atoms with Gasteiger partial charge >= 0.3 is 6.98 Å². The summed E-state index contributed by atoms with van der Waals surface area (Å²) in [5.41, 5.74) is 0.959. The predicted octanol–water partition coefficient (Wildman–Crippen LogP) is 3.62. The van der Waals surface area contributed by atoms with Gasteiger partial charge in [-0.05, 0) is 23.3 Å². The molecule has 1 nitrogen and oxygen atoms in total. The second kappa shape index (κ2) is 5.22. The zero-order valence-corrected chi connectivity index (χ0v) is 9.93. The van der Waals surface area contributed by atoms with E-state index in [1.54, 1.807) is 36.4 Å². The van der Waals surface area contributed by atoms with Gasteiger partial charge in [0.15, 0.2) is 0 Å². The third-order valence-electron chi connectivity index (χ3n) is 2.68. The molecule has 0 spiro atoms. The van der Waals surface area contributed by atoms with Gasteiger partial charge in [-0.15, -0.1) is 5.46 Å². The van der Waals surface area contributed by atoms with Gasteiger partial charge in [0, 0.05) is 0 Å². The summed E-state index contributed by atoms with van der Waals surface area (Å²) in [6.45, 7) is -4.93. The Bertz CT molecular complexity index is 571. The van der Waals surface area contributed by atoms with E-state index in [1.165, 1.54) is 12.1 Å². The van der Waals surface area contributed by atoms with Gasteiger partial charge < -0.3 is 18.1 Å². The molecule has 2 rings (SSSR count). The van der Waals surface area contributed by atoms with E-state index in [1.807, 2.05) is 0 Å². The zero-order chi connectivity index (χ0) is 13.9. The topological polar surface area (TPSA) is 20.2 Å². The smallest absolute Gasteiger partial charge is 0.508 e. The van der Waals surface area contributed by atoms with Crippen LogP contribution in [-0.2, 0) is 0 Å². The second-order valence-corrected chi connectivity index (χ2v) is 4.17. The van der Waals surface area contributed by atoms with Crippen molar-refractivity contribution in [1.29, 1.82) is 0 Å². The van der Waals surface area contributed by atoms with E-state index in [0.717, 1.165) is 17.7 Å². The van der Waals surface area contributed by atoms with Gasteiger partial charge in [-0.1, -0.05) is 48.6 Å². The van der Waals surface area contributed by atoms with Crippen LogP contribution >= 0.6 is 0 Å². The summed E-state index contributed by atoms with van der Waals surface area (Å²) in [6.07, 6.45) is 3.49. The van der Waals surface area contributed by atoms with Gasteiger partial charge in [0.2, 0.25) is 0 Å². The van der Waals surface area contributed by atoms with E-state index < -0.39 is 12.4 Å². The third-order valence-corrected chi connectivity index (χ3v) is 2.68. The lowest BCUT2D eigenvalue weighted by molar-refractivity contribution is 0.475. The van der Waals surface area contributed by atoms with Crippen LogP contribution in [0.4, 0.5) is 12.9 Å². The number of hydrogen-bond donors (Lipinski definition) is 1. The third kappa shape index (κ3) is 3.65. The van der Waals surface area contributed by atoms with Crippen LogP contribution in [0.3, 0.4) is 0 Å². The second-order valence-electron chi connectivity index (χ2n) is 4.17. The first-order valence-corrected chi connectivity index (χ1v) is 5.72. The summed E-state index contributed by atoms with van der Waals surface area (Å²) < 4.78 is 37.3. The lowest BCUT2D eigenvalue weighted by Crippen LogP contribution is -2.33. The molecule has 98 valence electrons. The predicted molar refractivity (Wildman–Crippen MR) is 72.2 cm³/mol. The molecule has 2 aromatic rings. The van der Waals surface area contributed by atoms with Crippen molar-refractivity contribution in [2.45, 2.75) is 0 Å². The van der Waals surface area contributed by atoms with Crippen molar-refractivity contribution >= 4 is 24.6 Å². The minimum atomic E-state index is -4.93. The van der Waals surface area contributed by atoms with Crippen molar-refractivity contribution in [3.63, 3.8) is 0 Å². The number of rotatable bonds is 3. The molecular formula is C14H11BF3O-. The van der Waals surface area contributed by atoms with Gasteiger partial charge in [0.25, 0.3) is 0 Å². The fourth-order valence-corrected chi connectivity index (χ4v) is 1.60. The quantitative estimate of drug-likeness (QED) is 0.662. The van der Waals surface area contributed by atoms with Crippen LogP contribution in [0, 0.1) is 0 Å². The lowest BCUT2D eigenvalue weighted by atomic mass is 9.80. The molecule has 0 atom stereocenters. The van der Waals surface area contributed by atoms with Gasteiger partial charge in [0.1, 0.15) is 5.75 Å². The first kappa shape index (κ1) is 13.3. The van der Waals surface area contributed by atoms with Gasteiger partial charge in [0.05, 0.1) is 0 Å². The fourth-order valence-electron chi connectivity index (χ4n) is 1.60. The molecule has 0 fully saturated rings. The molecule has 0 unspecified atom stereocenters. The van der Waals surface area contributed by atoms with Gasteiger partial charge in [-0.25, -0.2) is 0 Å². The highest BCUT2D eigenvalue weighted by Crippen LogP contribution is 2.14. The molecule has 19 heavy (non-hydrogen) atoms. The Morgan fingerprint density at radius 3 is 1.58 bits per heavy atom. The summed E-state index contributed by atoms with van der Waals surface area (Å²) in [5, 5.41) is 9.12. The first-order chi connectivity index (χ1) is 8.95. The van der Waals surface area contributed by atoms with Crippen molar-refractivity contribution in [3.8, 4) is 5.75 Å². The summed E-state index contributed by atoms with van der Waals surface area (Å²) in [7, 11) is 0. The zero-order valence-electron chi connectivity index (χ0n) is 9.93. The number of hydrogen-bond acceptors (Lipinski definition) is 1. The fraction of sp³-hybridized carbons (Fsp3) is 0. The molecule has 5 heteroatoms. The number of phenolic OH excluding ortho intramolecular Hbond substituents is 1. The van der Waals surface area contributed by atoms with E-state index in [2.05, 4.69) is 0 Å². The summed E-state index contributed by atoms with van der Waals surface area (Å²) >= 11 is 0. The largest absolute Gasteiger partial charge is 0.509 e. The molecule has 0 aliphatic carbocycles. The molecule has 0 bridgehead atoms. The van der Waals surface area contributed by atoms with E-state index >= 15 is 0 Å². The molecular weight excluding hydrogens is 252 g/mol. The molecule has 0 aromatic heterocycles. The van der Waals surface area contributed by atoms with Crippen LogP contribution in [0.15, 0.2) is 48.5 Å². The highest BCUT2D eigenvalue weighted by Gasteiger charge is 2.24. The molecule has 0 radical (unpaired) electrons. The minimum Gasteiger partial charge on any atom is -0.508 e. The van der Waals surface area contributed by atoms with Crippen molar-refractivity contribution < 1.29 is 18.1 Å². The maximum Gasteiger partial charge on any atom is 0.509 e. The molecule has 0 aliphatic heterocycles. The average Bonchev–Trinajstić information content (AvgIpc) is 2.37. The Balaban J connectivity index is 2.13. The van der Waals surface area contributed by atoms with E-state index in [4.69, 9.17) is 5.11 Å². The Morgan fingerprint density at radius 1 is 0.737 bits per heavy atom. The maximum atomic E-state index is 12.4. The summed E-state index contributed by atoms with van der Waals surface area (Å²) in [5.74, 6) is 0.175. The number of benzene rings is 2. The normalized spacial score (nSPS) is 11.9. The summed E-state index contributed by atoms with van der Waals surface area (Å²) in [6, 6.07) is 11.6. The van der Waals surface area contributed by atoms with Crippen molar-refractivity contribution in [2.75, 3.05) is 0 Å². The summed E-state index contributed by atoms with van der Waals surface area (Å²) in [4.78, 5) is 0. The maximum absolute atomic E-state index is 12.4. The Hall–Kier alpha value is -2.17. The van der Waals surface area contributed by atoms with Crippen LogP contribution in [0.5, 0.6) is 5.75 Å². The Kier molecular flexibility index (Phi) is 3.65. The number of halogens is 3. The lowest BCUT2D eigenvalue weighted by Gasteiger charge is -2.14. The van der Waals surface area contributed by atoms with E-state index in [-0.39, 0.29) is 5.75 Å². The van der Waals surface area contributed by atoms with Crippen LogP contribution < -0.4 is 5.46 Å². The van der Waals surface area contributed by atoms with Gasteiger partial charge in [-0.2, -0.15) is 0 Å². The number of aromatic hydroxyl groups is 1. The minimum absolute atomic E-state index is 0.175. The van der Waals surface area contributed by atoms with Crippen molar-refractivity contribution in [2.24, 2.45) is 0 Å². The van der Waals surface area contributed by atoms with Crippen LogP contribution in [0.1, 0.15) is 11.1 Å². The van der Waals surface area contributed by atoms with Crippen LogP contribution in [0.25, 0.3) is 12.2 Å². The highest BCUT2D eigenvalue weighted by atomic mass is 19.4. The Morgan fingerprint density at radius 2 is 1.16 bits per heavy atom. The van der Waals surface area contributed by atoms with Crippen molar-refractivity contribution in [1.82, 2.24) is 0 Å². The average molecular weight is 263 g/mol. The first-order valence-electron chi connectivity index (χ1n) is 5.72. The van der Waals surface area contributed by atoms with E-state index in [9.17, 15) is 12.9 Å². The Labute approximate surface area is 109 Å². The van der Waals surface area contributed by atoms with Crippen LogP contribution in [0.2, 0.25) is 0 Å². The molecule has 0 aliphatic rings. The molecule has 2 aromatic carbocycles. The molecule has 0 heterocycles. The molecule has 0 amide bonds. The molecule has 0 saturated carbocycles. The van der Waals surface area contributed by atoms with E-state index in [0.29, 0.717) is 5.56 Å².